The molecule has 1 atom stereocenters. The van der Waals surface area contributed by atoms with Crippen LogP contribution in [0.25, 0.3) is 0 Å². The lowest BCUT2D eigenvalue weighted by molar-refractivity contribution is -0.122. The van der Waals surface area contributed by atoms with Gasteiger partial charge in [0.15, 0.2) is 0 Å². The van der Waals surface area contributed by atoms with E-state index in [2.05, 4.69) is 5.32 Å². The van der Waals surface area contributed by atoms with E-state index in [4.69, 9.17) is 0 Å². The van der Waals surface area contributed by atoms with Gasteiger partial charge in [0.25, 0.3) is 5.91 Å². The van der Waals surface area contributed by atoms with Gasteiger partial charge in [-0.05, 0) is 35.6 Å². The molecule has 1 aliphatic rings. The van der Waals surface area contributed by atoms with Crippen molar-refractivity contribution < 1.29 is 9.59 Å². The zero-order valence-electron chi connectivity index (χ0n) is 15.7. The third-order valence-electron chi connectivity index (χ3n) is 5.09. The normalized spacial score (nSPS) is 14.0. The van der Waals surface area contributed by atoms with Crippen LogP contribution in [-0.4, -0.2) is 16.7 Å². The standard InChI is InChI=1S/C23H22N2O2S/c1-16-8-10-17(11-9-16)14-24-22(26)13-20(21-7-4-12-28-21)25-15-18-5-2-3-6-19(18)23(25)27/h2-12,20H,13-15H2,1H3,(H,24,26)/t20-/m1/s1. The number of hydrogen-bond donors (Lipinski definition) is 1. The van der Waals surface area contributed by atoms with Gasteiger partial charge in [-0.25, -0.2) is 0 Å². The first-order chi connectivity index (χ1) is 13.6. The fourth-order valence-electron chi connectivity index (χ4n) is 3.53. The Bertz CT molecular complexity index is 980. The molecule has 0 aliphatic carbocycles. The van der Waals surface area contributed by atoms with Gasteiger partial charge in [-0.3, -0.25) is 9.59 Å². The highest BCUT2D eigenvalue weighted by Gasteiger charge is 2.34. The van der Waals surface area contributed by atoms with Crippen molar-refractivity contribution in [3.8, 4) is 0 Å². The van der Waals surface area contributed by atoms with Gasteiger partial charge in [0.2, 0.25) is 5.91 Å². The molecule has 5 heteroatoms. The lowest BCUT2D eigenvalue weighted by atomic mass is 10.1. The molecule has 2 aromatic carbocycles. The molecule has 4 nitrogen and oxygen atoms in total. The zero-order valence-corrected chi connectivity index (χ0v) is 16.5. The van der Waals surface area contributed by atoms with Crippen molar-refractivity contribution in [2.75, 3.05) is 0 Å². The zero-order chi connectivity index (χ0) is 19.5. The first kappa shape index (κ1) is 18.4. The highest BCUT2D eigenvalue weighted by atomic mass is 32.1. The first-order valence-electron chi connectivity index (χ1n) is 9.36. The molecule has 4 rings (SSSR count). The van der Waals surface area contributed by atoms with E-state index in [-0.39, 0.29) is 24.3 Å². The summed E-state index contributed by atoms with van der Waals surface area (Å²) < 4.78 is 0. The fraction of sp³-hybridized carbons (Fsp3) is 0.217. The van der Waals surface area contributed by atoms with E-state index in [0.717, 1.165) is 21.6 Å². The molecular formula is C23H22N2O2S. The summed E-state index contributed by atoms with van der Waals surface area (Å²) in [4.78, 5) is 28.5. The van der Waals surface area contributed by atoms with Crippen LogP contribution in [0.5, 0.6) is 0 Å². The summed E-state index contributed by atoms with van der Waals surface area (Å²) in [6, 6.07) is 19.5. The van der Waals surface area contributed by atoms with E-state index in [1.165, 1.54) is 5.56 Å². The molecule has 3 aromatic rings. The fourth-order valence-corrected chi connectivity index (χ4v) is 4.37. The van der Waals surface area contributed by atoms with E-state index in [9.17, 15) is 9.59 Å². The van der Waals surface area contributed by atoms with Crippen molar-refractivity contribution in [3.63, 3.8) is 0 Å². The Morgan fingerprint density at radius 1 is 1.11 bits per heavy atom. The molecule has 1 aromatic heterocycles. The number of carbonyl (C=O) groups excluding carboxylic acids is 2. The summed E-state index contributed by atoms with van der Waals surface area (Å²) in [6.45, 7) is 3.08. The number of aryl methyl sites for hydroxylation is 1. The van der Waals surface area contributed by atoms with Crippen molar-refractivity contribution in [1.82, 2.24) is 10.2 Å². The van der Waals surface area contributed by atoms with Gasteiger partial charge >= 0.3 is 0 Å². The number of carbonyl (C=O) groups is 2. The molecule has 0 spiro atoms. The molecule has 28 heavy (non-hydrogen) atoms. The molecule has 0 fully saturated rings. The summed E-state index contributed by atoms with van der Waals surface area (Å²) in [5, 5.41) is 4.98. The Hall–Kier alpha value is -2.92. The minimum absolute atomic E-state index is 0.000310. The van der Waals surface area contributed by atoms with Gasteiger partial charge in [-0.2, -0.15) is 0 Å². The molecule has 0 saturated heterocycles. The molecular weight excluding hydrogens is 368 g/mol. The maximum absolute atomic E-state index is 12.9. The Morgan fingerprint density at radius 3 is 2.61 bits per heavy atom. The van der Waals surface area contributed by atoms with Gasteiger partial charge in [0.1, 0.15) is 0 Å². The van der Waals surface area contributed by atoms with Crippen LogP contribution in [-0.2, 0) is 17.9 Å². The van der Waals surface area contributed by atoms with E-state index >= 15 is 0 Å². The van der Waals surface area contributed by atoms with Crippen molar-refractivity contribution >= 4 is 23.2 Å². The van der Waals surface area contributed by atoms with Gasteiger partial charge in [0, 0.05) is 23.5 Å². The van der Waals surface area contributed by atoms with Crippen LogP contribution < -0.4 is 5.32 Å². The summed E-state index contributed by atoms with van der Waals surface area (Å²) in [6.07, 6.45) is 0.256. The van der Waals surface area contributed by atoms with Crippen molar-refractivity contribution in [3.05, 3.63) is 93.2 Å². The first-order valence-corrected chi connectivity index (χ1v) is 10.2. The second kappa shape index (κ2) is 7.98. The highest BCUT2D eigenvalue weighted by molar-refractivity contribution is 7.10. The van der Waals surface area contributed by atoms with Gasteiger partial charge < -0.3 is 10.2 Å². The van der Waals surface area contributed by atoms with Crippen LogP contribution in [0.1, 0.15) is 44.4 Å². The van der Waals surface area contributed by atoms with Gasteiger partial charge in [0.05, 0.1) is 12.5 Å². The summed E-state index contributed by atoms with van der Waals surface area (Å²) in [5.74, 6) is -0.0527. The maximum atomic E-state index is 12.9. The molecule has 0 bridgehead atoms. The van der Waals surface area contributed by atoms with Crippen LogP contribution in [0.3, 0.4) is 0 Å². The van der Waals surface area contributed by atoms with Crippen LogP contribution in [0.15, 0.2) is 66.0 Å². The van der Waals surface area contributed by atoms with E-state index in [1.54, 1.807) is 11.3 Å². The monoisotopic (exact) mass is 390 g/mol. The van der Waals surface area contributed by atoms with Crippen molar-refractivity contribution in [1.29, 1.82) is 0 Å². The molecule has 142 valence electrons. The van der Waals surface area contributed by atoms with Crippen LogP contribution >= 0.6 is 11.3 Å². The second-order valence-electron chi connectivity index (χ2n) is 7.09. The maximum Gasteiger partial charge on any atom is 0.255 e. The topological polar surface area (TPSA) is 49.4 Å². The van der Waals surface area contributed by atoms with E-state index in [1.807, 2.05) is 77.9 Å². The van der Waals surface area contributed by atoms with Crippen molar-refractivity contribution in [2.45, 2.75) is 32.5 Å². The lowest BCUT2D eigenvalue weighted by Crippen LogP contribution is -2.33. The predicted molar refractivity (Wildman–Crippen MR) is 111 cm³/mol. The second-order valence-corrected chi connectivity index (χ2v) is 8.07. The lowest BCUT2D eigenvalue weighted by Gasteiger charge is -2.26. The molecule has 1 N–H and O–H groups in total. The van der Waals surface area contributed by atoms with E-state index in [0.29, 0.717) is 13.1 Å². The number of rotatable bonds is 6. The largest absolute Gasteiger partial charge is 0.352 e. The number of hydrogen-bond acceptors (Lipinski definition) is 3. The number of nitrogens with one attached hydrogen (secondary N) is 1. The third kappa shape index (κ3) is 3.85. The summed E-state index contributed by atoms with van der Waals surface area (Å²) >= 11 is 1.58. The minimum Gasteiger partial charge on any atom is -0.352 e. The van der Waals surface area contributed by atoms with Crippen LogP contribution in [0.2, 0.25) is 0 Å². The number of amides is 2. The van der Waals surface area contributed by atoms with Crippen LogP contribution in [0, 0.1) is 6.92 Å². The average Bonchev–Trinajstić information content (AvgIpc) is 3.35. The smallest absolute Gasteiger partial charge is 0.255 e. The molecule has 0 saturated carbocycles. The van der Waals surface area contributed by atoms with E-state index < -0.39 is 0 Å². The molecule has 2 heterocycles. The SMILES string of the molecule is Cc1ccc(CNC(=O)C[C@H](c2cccs2)N2Cc3ccccc3C2=O)cc1. The molecule has 0 radical (unpaired) electrons. The number of benzene rings is 2. The van der Waals surface area contributed by atoms with Crippen LogP contribution in [0.4, 0.5) is 0 Å². The van der Waals surface area contributed by atoms with Crippen molar-refractivity contribution in [2.24, 2.45) is 0 Å². The highest BCUT2D eigenvalue weighted by Crippen LogP contribution is 2.35. The summed E-state index contributed by atoms with van der Waals surface area (Å²) in [7, 11) is 0. The van der Waals surface area contributed by atoms with Gasteiger partial charge in [-0.1, -0.05) is 54.1 Å². The Kier molecular flexibility index (Phi) is 5.26. The minimum atomic E-state index is -0.252. The summed E-state index contributed by atoms with van der Waals surface area (Å²) in [5.41, 5.74) is 4.02. The Labute approximate surface area is 168 Å². The Morgan fingerprint density at radius 2 is 1.89 bits per heavy atom. The predicted octanol–water partition coefficient (Wildman–Crippen LogP) is 4.46. The molecule has 2 amide bonds. The third-order valence-corrected chi connectivity index (χ3v) is 6.06. The quantitative estimate of drug-likeness (QED) is 0.676. The molecule has 0 unspecified atom stereocenters. The Balaban J connectivity index is 1.48. The number of nitrogens with zero attached hydrogens (tertiary/aromatic N) is 1. The number of fused-ring (bicyclic) bond motifs is 1. The average molecular weight is 391 g/mol. The van der Waals surface area contributed by atoms with Gasteiger partial charge in [-0.15, -0.1) is 11.3 Å². The number of thiophene rings is 1. The molecule has 1 aliphatic heterocycles.